The summed E-state index contributed by atoms with van der Waals surface area (Å²) >= 11 is 0. The number of rotatable bonds is 4. The largest absolute Gasteiger partial charge is 0.339 e. The summed E-state index contributed by atoms with van der Waals surface area (Å²) < 4.78 is 27.6. The number of amides is 1. The van der Waals surface area contributed by atoms with Crippen molar-refractivity contribution in [2.45, 2.75) is 17.7 Å². The number of fused-ring (bicyclic) bond motifs is 1. The van der Waals surface area contributed by atoms with Crippen LogP contribution in [0.25, 0.3) is 0 Å². The van der Waals surface area contributed by atoms with E-state index in [2.05, 4.69) is 10.0 Å². The van der Waals surface area contributed by atoms with E-state index in [4.69, 9.17) is 0 Å². The molecule has 8 heteroatoms. The molecule has 4 rings (SSSR count). The monoisotopic (exact) mass is 435 g/mol. The second-order valence-corrected chi connectivity index (χ2v) is 9.23. The van der Waals surface area contributed by atoms with Gasteiger partial charge in [0.25, 0.3) is 15.9 Å². The third kappa shape index (κ3) is 4.91. The lowest BCUT2D eigenvalue weighted by Gasteiger charge is -2.21. The molecule has 2 saturated heterocycles. The zero-order valence-corrected chi connectivity index (χ0v) is 17.7. The van der Waals surface area contributed by atoms with Crippen LogP contribution >= 0.6 is 12.4 Å². The Morgan fingerprint density at radius 2 is 1.62 bits per heavy atom. The van der Waals surface area contributed by atoms with Gasteiger partial charge < -0.3 is 10.2 Å². The molecule has 2 heterocycles. The normalized spacial score (nSPS) is 21.6. The van der Waals surface area contributed by atoms with E-state index in [1.807, 2.05) is 4.90 Å². The Bertz CT molecular complexity index is 939. The molecule has 2 aromatic rings. The molecule has 0 spiro atoms. The molecular weight excluding hydrogens is 410 g/mol. The summed E-state index contributed by atoms with van der Waals surface area (Å²) in [5.74, 6) is 1.28. The summed E-state index contributed by atoms with van der Waals surface area (Å²) in [6.07, 6.45) is 2.04. The van der Waals surface area contributed by atoms with Gasteiger partial charge in [0.2, 0.25) is 0 Å². The fraction of sp³-hybridized carbons (Fsp3) is 0.381. The summed E-state index contributed by atoms with van der Waals surface area (Å²) in [4.78, 5) is 15.1. The molecule has 0 saturated carbocycles. The number of likely N-dealkylation sites (tertiary alicyclic amines) is 1. The predicted octanol–water partition coefficient (Wildman–Crippen LogP) is 2.98. The number of hydrogen-bond acceptors (Lipinski definition) is 4. The van der Waals surface area contributed by atoms with Crippen LogP contribution in [-0.2, 0) is 10.0 Å². The Morgan fingerprint density at radius 3 is 2.28 bits per heavy atom. The minimum Gasteiger partial charge on any atom is -0.339 e. The molecule has 0 aromatic heterocycles. The lowest BCUT2D eigenvalue weighted by Crippen LogP contribution is -2.32. The molecule has 2 aromatic carbocycles. The maximum atomic E-state index is 13.0. The van der Waals surface area contributed by atoms with Gasteiger partial charge >= 0.3 is 0 Å². The van der Waals surface area contributed by atoms with Crippen LogP contribution in [0, 0.1) is 11.8 Å². The molecule has 1 amide bonds. The first-order chi connectivity index (χ1) is 13.5. The predicted molar refractivity (Wildman–Crippen MR) is 116 cm³/mol. The van der Waals surface area contributed by atoms with Crippen LogP contribution in [0.1, 0.15) is 23.2 Å². The van der Waals surface area contributed by atoms with Gasteiger partial charge in [0.1, 0.15) is 0 Å². The van der Waals surface area contributed by atoms with Gasteiger partial charge in [-0.3, -0.25) is 9.52 Å². The van der Waals surface area contributed by atoms with Gasteiger partial charge in [0.15, 0.2) is 0 Å². The first-order valence-electron chi connectivity index (χ1n) is 9.71. The number of benzene rings is 2. The van der Waals surface area contributed by atoms with E-state index >= 15 is 0 Å². The van der Waals surface area contributed by atoms with E-state index in [-0.39, 0.29) is 23.2 Å². The van der Waals surface area contributed by atoms with E-state index in [0.29, 0.717) is 23.1 Å². The Kier molecular flexibility index (Phi) is 6.82. The fourth-order valence-electron chi connectivity index (χ4n) is 4.13. The zero-order valence-electron chi connectivity index (χ0n) is 16.1. The van der Waals surface area contributed by atoms with Crippen LogP contribution < -0.4 is 10.0 Å². The molecule has 29 heavy (non-hydrogen) atoms. The maximum Gasteiger partial charge on any atom is 0.261 e. The van der Waals surface area contributed by atoms with Gasteiger partial charge in [-0.05, 0) is 68.1 Å². The first-order valence-corrected chi connectivity index (χ1v) is 11.2. The van der Waals surface area contributed by atoms with Crippen molar-refractivity contribution in [3.05, 3.63) is 60.2 Å². The van der Waals surface area contributed by atoms with Crippen LogP contribution in [0.4, 0.5) is 5.69 Å². The van der Waals surface area contributed by atoms with Crippen LogP contribution in [0.5, 0.6) is 0 Å². The van der Waals surface area contributed by atoms with Crippen molar-refractivity contribution in [3.8, 4) is 0 Å². The van der Waals surface area contributed by atoms with Crippen molar-refractivity contribution < 1.29 is 13.2 Å². The molecule has 2 aliphatic rings. The van der Waals surface area contributed by atoms with E-state index in [0.717, 1.165) is 39.0 Å². The third-order valence-corrected chi connectivity index (χ3v) is 7.12. The highest BCUT2D eigenvalue weighted by Crippen LogP contribution is 2.28. The molecule has 0 radical (unpaired) electrons. The van der Waals surface area contributed by atoms with Gasteiger partial charge in [-0.15, -0.1) is 12.4 Å². The van der Waals surface area contributed by atoms with Gasteiger partial charge in [-0.1, -0.05) is 24.3 Å². The quantitative estimate of drug-likeness (QED) is 0.773. The van der Waals surface area contributed by atoms with E-state index < -0.39 is 10.0 Å². The summed E-state index contributed by atoms with van der Waals surface area (Å²) in [7, 11) is -3.68. The van der Waals surface area contributed by atoms with Crippen molar-refractivity contribution in [3.63, 3.8) is 0 Å². The average Bonchev–Trinajstić information content (AvgIpc) is 3.06. The number of anilines is 1. The molecule has 156 valence electrons. The summed E-state index contributed by atoms with van der Waals surface area (Å²) in [5.41, 5.74) is 0.907. The molecule has 2 atom stereocenters. The van der Waals surface area contributed by atoms with Crippen molar-refractivity contribution in [2.75, 3.05) is 30.9 Å². The number of sulfonamides is 1. The van der Waals surface area contributed by atoms with E-state index in [9.17, 15) is 13.2 Å². The average molecular weight is 436 g/mol. The Balaban J connectivity index is 0.00000240. The SMILES string of the molecule is Cl.O=C(c1cccc(NS(=O)(=O)c2ccccc2)c1)N1CC[C@@H]2CNC[C@@H]2CC1. The molecule has 0 unspecified atom stereocenters. The Labute approximate surface area is 178 Å². The number of halogens is 1. The zero-order chi connectivity index (χ0) is 19.6. The lowest BCUT2D eigenvalue weighted by molar-refractivity contribution is 0.0758. The summed E-state index contributed by atoms with van der Waals surface area (Å²) in [6, 6.07) is 15.0. The lowest BCUT2D eigenvalue weighted by atomic mass is 9.92. The van der Waals surface area contributed by atoms with Crippen molar-refractivity contribution in [1.29, 1.82) is 0 Å². The molecule has 2 fully saturated rings. The number of carbonyl (C=O) groups is 1. The fourth-order valence-corrected chi connectivity index (χ4v) is 5.20. The Morgan fingerprint density at radius 1 is 0.966 bits per heavy atom. The topological polar surface area (TPSA) is 78.5 Å². The van der Waals surface area contributed by atoms with Gasteiger partial charge in [0.05, 0.1) is 4.90 Å². The highest BCUT2D eigenvalue weighted by atomic mass is 35.5. The van der Waals surface area contributed by atoms with Crippen molar-refractivity contribution in [2.24, 2.45) is 11.8 Å². The highest BCUT2D eigenvalue weighted by molar-refractivity contribution is 7.92. The second-order valence-electron chi connectivity index (χ2n) is 7.55. The first kappa shape index (κ1) is 21.6. The summed E-state index contributed by atoms with van der Waals surface area (Å²) in [6.45, 7) is 3.59. The number of hydrogen-bond donors (Lipinski definition) is 2. The second kappa shape index (κ2) is 9.15. The smallest absolute Gasteiger partial charge is 0.261 e. The Hall–Kier alpha value is -2.09. The van der Waals surface area contributed by atoms with E-state index in [1.54, 1.807) is 54.6 Å². The van der Waals surface area contributed by atoms with Crippen LogP contribution in [0.15, 0.2) is 59.5 Å². The maximum absolute atomic E-state index is 13.0. The van der Waals surface area contributed by atoms with Gasteiger partial charge in [-0.2, -0.15) is 0 Å². The highest BCUT2D eigenvalue weighted by Gasteiger charge is 2.31. The van der Waals surface area contributed by atoms with Crippen molar-refractivity contribution >= 4 is 34.0 Å². The molecular formula is C21H26ClN3O3S. The molecule has 2 N–H and O–H groups in total. The third-order valence-electron chi connectivity index (χ3n) is 5.72. The summed E-state index contributed by atoms with van der Waals surface area (Å²) in [5, 5.41) is 3.44. The van der Waals surface area contributed by atoms with Crippen LogP contribution in [0.3, 0.4) is 0 Å². The molecule has 0 bridgehead atoms. The number of carbonyl (C=O) groups excluding carboxylic acids is 1. The molecule has 2 aliphatic heterocycles. The van der Waals surface area contributed by atoms with Gasteiger partial charge in [0, 0.05) is 24.3 Å². The van der Waals surface area contributed by atoms with Crippen LogP contribution in [-0.4, -0.2) is 45.4 Å². The standard InChI is InChI=1S/C21H25N3O3S.ClH/c25-21(24-11-9-17-14-22-15-18(17)10-12-24)16-5-4-6-19(13-16)23-28(26,27)20-7-2-1-3-8-20;/h1-8,13,17-18,22-23H,9-12,14-15H2;1H/t17-,18+;. The number of nitrogens with one attached hydrogen (secondary N) is 2. The minimum atomic E-state index is -3.68. The number of nitrogens with zero attached hydrogens (tertiary/aromatic N) is 1. The van der Waals surface area contributed by atoms with Crippen LogP contribution in [0.2, 0.25) is 0 Å². The minimum absolute atomic E-state index is 0. The molecule has 6 nitrogen and oxygen atoms in total. The van der Waals surface area contributed by atoms with Crippen molar-refractivity contribution in [1.82, 2.24) is 10.2 Å². The van der Waals surface area contributed by atoms with Gasteiger partial charge in [-0.25, -0.2) is 8.42 Å². The molecule has 0 aliphatic carbocycles. The van der Waals surface area contributed by atoms with E-state index in [1.165, 1.54) is 0 Å².